The second-order valence-corrected chi connectivity index (χ2v) is 7.32. The van der Waals surface area contributed by atoms with Crippen LogP contribution >= 0.6 is 0 Å². The predicted molar refractivity (Wildman–Crippen MR) is 96.8 cm³/mol. The van der Waals surface area contributed by atoms with Crippen molar-refractivity contribution in [1.29, 1.82) is 0 Å². The Morgan fingerprint density at radius 3 is 2.80 bits per heavy atom. The molecule has 2 aromatic rings. The van der Waals surface area contributed by atoms with Gasteiger partial charge in [0, 0.05) is 32.7 Å². The zero-order chi connectivity index (χ0) is 17.1. The van der Waals surface area contributed by atoms with E-state index >= 15 is 0 Å². The van der Waals surface area contributed by atoms with Crippen LogP contribution in [0.2, 0.25) is 0 Å². The van der Waals surface area contributed by atoms with Crippen molar-refractivity contribution in [1.82, 2.24) is 24.7 Å². The summed E-state index contributed by atoms with van der Waals surface area (Å²) in [5, 5.41) is 12.5. The molecule has 0 aromatic carbocycles. The molecule has 25 heavy (non-hydrogen) atoms. The number of aromatic nitrogens is 4. The van der Waals surface area contributed by atoms with Crippen LogP contribution in [-0.2, 0) is 4.74 Å². The molecule has 7 heteroatoms. The number of anilines is 1. The van der Waals surface area contributed by atoms with E-state index in [9.17, 15) is 0 Å². The van der Waals surface area contributed by atoms with Crippen molar-refractivity contribution in [3.63, 3.8) is 0 Å². The monoisotopic (exact) mass is 344 g/mol. The van der Waals surface area contributed by atoms with E-state index in [1.807, 2.05) is 12.1 Å². The van der Waals surface area contributed by atoms with Gasteiger partial charge in [-0.25, -0.2) is 0 Å². The summed E-state index contributed by atoms with van der Waals surface area (Å²) in [4.78, 5) is 4.83. The van der Waals surface area contributed by atoms with Gasteiger partial charge >= 0.3 is 0 Å². The maximum atomic E-state index is 6.16. The SMILES string of the molecule is C[C@H]1CCCC[C@H]1OCCN1CCN(c2ccc3nncn3n2)CC1. The first-order valence-electron chi connectivity index (χ1n) is 9.55. The molecule has 2 atom stereocenters. The first-order valence-corrected chi connectivity index (χ1v) is 9.55. The molecule has 136 valence electrons. The maximum absolute atomic E-state index is 6.16. The van der Waals surface area contributed by atoms with Crippen LogP contribution in [0.4, 0.5) is 5.82 Å². The minimum absolute atomic E-state index is 0.481. The molecule has 3 heterocycles. The summed E-state index contributed by atoms with van der Waals surface area (Å²) >= 11 is 0. The highest BCUT2D eigenvalue weighted by Gasteiger charge is 2.23. The van der Waals surface area contributed by atoms with E-state index in [0.717, 1.165) is 56.7 Å². The van der Waals surface area contributed by atoms with E-state index < -0.39 is 0 Å². The van der Waals surface area contributed by atoms with E-state index in [0.29, 0.717) is 6.10 Å². The minimum Gasteiger partial charge on any atom is -0.377 e. The van der Waals surface area contributed by atoms with Crippen molar-refractivity contribution >= 4 is 11.5 Å². The van der Waals surface area contributed by atoms with Crippen LogP contribution in [-0.4, -0.2) is 70.1 Å². The van der Waals surface area contributed by atoms with Gasteiger partial charge in [-0.15, -0.1) is 15.3 Å². The highest BCUT2D eigenvalue weighted by molar-refractivity contribution is 5.45. The van der Waals surface area contributed by atoms with Gasteiger partial charge in [-0.05, 0) is 30.9 Å². The lowest BCUT2D eigenvalue weighted by Crippen LogP contribution is -2.48. The molecule has 1 aliphatic heterocycles. The Bertz CT molecular complexity index is 681. The summed E-state index contributed by atoms with van der Waals surface area (Å²) in [6.07, 6.45) is 7.41. The van der Waals surface area contributed by atoms with Gasteiger partial charge in [0.25, 0.3) is 0 Å². The van der Waals surface area contributed by atoms with Crippen LogP contribution in [0.25, 0.3) is 5.65 Å². The number of nitrogens with zero attached hydrogens (tertiary/aromatic N) is 6. The normalized spacial score (nSPS) is 25.6. The minimum atomic E-state index is 0.481. The molecule has 0 amide bonds. The molecule has 7 nitrogen and oxygen atoms in total. The Kier molecular flexibility index (Phi) is 5.12. The van der Waals surface area contributed by atoms with Crippen LogP contribution in [0, 0.1) is 5.92 Å². The van der Waals surface area contributed by atoms with Crippen molar-refractivity contribution in [2.75, 3.05) is 44.2 Å². The zero-order valence-electron chi connectivity index (χ0n) is 15.0. The van der Waals surface area contributed by atoms with E-state index in [2.05, 4.69) is 32.0 Å². The lowest BCUT2D eigenvalue weighted by Gasteiger charge is -2.36. The molecule has 0 unspecified atom stereocenters. The van der Waals surface area contributed by atoms with Gasteiger partial charge in [-0.2, -0.15) is 4.52 Å². The summed E-state index contributed by atoms with van der Waals surface area (Å²) in [7, 11) is 0. The topological polar surface area (TPSA) is 58.8 Å². The Balaban J connectivity index is 1.22. The number of piperazine rings is 1. The lowest BCUT2D eigenvalue weighted by atomic mass is 9.88. The van der Waals surface area contributed by atoms with Crippen LogP contribution < -0.4 is 4.90 Å². The number of hydrogen-bond donors (Lipinski definition) is 0. The van der Waals surface area contributed by atoms with Gasteiger partial charge in [0.1, 0.15) is 12.1 Å². The van der Waals surface area contributed by atoms with Crippen LogP contribution in [0.1, 0.15) is 32.6 Å². The third-order valence-electron chi connectivity index (χ3n) is 5.62. The molecule has 0 bridgehead atoms. The molecular weight excluding hydrogens is 316 g/mol. The summed E-state index contributed by atoms with van der Waals surface area (Å²) in [5.41, 5.74) is 0.788. The average Bonchev–Trinajstić information content (AvgIpc) is 3.12. The summed E-state index contributed by atoms with van der Waals surface area (Å²) in [5.74, 6) is 1.73. The van der Waals surface area contributed by atoms with E-state index in [4.69, 9.17) is 4.74 Å². The molecule has 2 aromatic heterocycles. The second-order valence-electron chi connectivity index (χ2n) is 7.32. The third kappa shape index (κ3) is 3.93. The molecule has 1 saturated heterocycles. The van der Waals surface area contributed by atoms with Crippen molar-refractivity contribution in [2.45, 2.75) is 38.7 Å². The fourth-order valence-corrected chi connectivity index (χ4v) is 3.95. The molecule has 4 rings (SSSR count). The maximum Gasteiger partial charge on any atom is 0.177 e. The van der Waals surface area contributed by atoms with Gasteiger partial charge in [0.2, 0.25) is 0 Å². The molecule has 1 saturated carbocycles. The highest BCUT2D eigenvalue weighted by Crippen LogP contribution is 2.26. The van der Waals surface area contributed by atoms with Crippen molar-refractivity contribution in [2.24, 2.45) is 5.92 Å². The fraction of sp³-hybridized carbons (Fsp3) is 0.722. The van der Waals surface area contributed by atoms with Gasteiger partial charge < -0.3 is 9.64 Å². The van der Waals surface area contributed by atoms with E-state index in [-0.39, 0.29) is 0 Å². The van der Waals surface area contributed by atoms with Gasteiger partial charge in [-0.1, -0.05) is 19.8 Å². The Morgan fingerprint density at radius 1 is 1.12 bits per heavy atom. The molecular formula is C18H28N6O. The molecule has 0 spiro atoms. The Hall–Kier alpha value is -1.73. The average molecular weight is 344 g/mol. The number of ether oxygens (including phenoxy) is 1. The Morgan fingerprint density at radius 2 is 1.96 bits per heavy atom. The lowest BCUT2D eigenvalue weighted by molar-refractivity contribution is -0.0141. The standard InChI is InChI=1S/C18H28N6O/c1-15-4-2-3-5-16(15)25-13-12-22-8-10-23(11-9-22)18-7-6-17-20-19-14-24(17)21-18/h6-7,14-16H,2-5,8-13H2,1H3/t15-,16+/m0/s1. The van der Waals surface area contributed by atoms with Gasteiger partial charge in [0.15, 0.2) is 5.65 Å². The van der Waals surface area contributed by atoms with Gasteiger partial charge in [0.05, 0.1) is 12.7 Å². The number of fused-ring (bicyclic) bond motifs is 1. The molecule has 2 aliphatic rings. The van der Waals surface area contributed by atoms with Crippen molar-refractivity contribution in [3.8, 4) is 0 Å². The van der Waals surface area contributed by atoms with Crippen LogP contribution in [0.3, 0.4) is 0 Å². The van der Waals surface area contributed by atoms with Gasteiger partial charge in [-0.3, -0.25) is 4.90 Å². The van der Waals surface area contributed by atoms with Crippen LogP contribution in [0.15, 0.2) is 18.5 Å². The fourth-order valence-electron chi connectivity index (χ4n) is 3.95. The van der Waals surface area contributed by atoms with E-state index in [1.165, 1.54) is 25.7 Å². The third-order valence-corrected chi connectivity index (χ3v) is 5.62. The molecule has 2 fully saturated rings. The smallest absolute Gasteiger partial charge is 0.177 e. The first-order chi connectivity index (χ1) is 12.3. The second kappa shape index (κ2) is 7.66. The van der Waals surface area contributed by atoms with Crippen molar-refractivity contribution in [3.05, 3.63) is 18.5 Å². The summed E-state index contributed by atoms with van der Waals surface area (Å²) in [6, 6.07) is 4.01. The quantitative estimate of drug-likeness (QED) is 0.825. The summed E-state index contributed by atoms with van der Waals surface area (Å²) in [6.45, 7) is 8.36. The highest BCUT2D eigenvalue weighted by atomic mass is 16.5. The zero-order valence-corrected chi connectivity index (χ0v) is 15.0. The predicted octanol–water partition coefficient (Wildman–Crippen LogP) is 1.84. The number of hydrogen-bond acceptors (Lipinski definition) is 6. The molecule has 0 radical (unpaired) electrons. The first kappa shape index (κ1) is 16.7. The molecule has 1 aliphatic carbocycles. The number of rotatable bonds is 5. The largest absolute Gasteiger partial charge is 0.377 e. The summed E-state index contributed by atoms with van der Waals surface area (Å²) < 4.78 is 7.90. The Labute approximate surface area is 149 Å². The van der Waals surface area contributed by atoms with Crippen LogP contribution in [0.5, 0.6) is 0 Å². The van der Waals surface area contributed by atoms with E-state index in [1.54, 1.807) is 10.8 Å². The molecule has 0 N–H and O–H groups in total. The van der Waals surface area contributed by atoms with Crippen molar-refractivity contribution < 1.29 is 4.74 Å².